The van der Waals surface area contributed by atoms with Crippen LogP contribution in [0.4, 0.5) is 26.3 Å². The van der Waals surface area contributed by atoms with Crippen LogP contribution < -0.4 is 56.8 Å². The van der Waals surface area contributed by atoms with Gasteiger partial charge in [-0.25, -0.2) is 26.3 Å². The van der Waals surface area contributed by atoms with Gasteiger partial charge in [-0.2, -0.15) is 31.6 Å². The minimum Gasteiger partial charge on any atom is -0.491 e. The van der Waals surface area contributed by atoms with Gasteiger partial charge >= 0.3 is 0 Å². The van der Waals surface area contributed by atoms with E-state index in [0.717, 1.165) is 131 Å². The molecule has 0 aliphatic heterocycles. The third-order valence-electron chi connectivity index (χ3n) is 21.0. The highest BCUT2D eigenvalue weighted by Crippen LogP contribution is 2.36. The molecule has 0 aromatic heterocycles. The lowest BCUT2D eigenvalue weighted by Crippen LogP contribution is -2.07. The Morgan fingerprint density at radius 1 is 0.191 bits per heavy atom. The maximum atomic E-state index is 14.3. The van der Waals surface area contributed by atoms with Gasteiger partial charge in [0.15, 0.2) is 106 Å². The van der Waals surface area contributed by atoms with Crippen molar-refractivity contribution < 1.29 is 83.2 Å². The Morgan fingerprint density at radius 3 is 0.539 bits per heavy atom. The Hall–Kier alpha value is -15.2. The molecule has 12 aromatic rings. The fourth-order valence-electron chi connectivity index (χ4n) is 13.4. The molecule has 0 N–H and O–H groups in total. The third-order valence-corrected chi connectivity index (χ3v) is 21.0. The number of halogens is 6. The van der Waals surface area contributed by atoms with Crippen molar-refractivity contribution in [1.29, 1.82) is 31.6 Å². The van der Waals surface area contributed by atoms with Gasteiger partial charge in [-0.3, -0.25) is 0 Å². The van der Waals surface area contributed by atoms with E-state index >= 15 is 0 Å². The number of hydrogen-bond donors (Lipinski definition) is 0. The molecule has 6 unspecified atom stereocenters. The summed E-state index contributed by atoms with van der Waals surface area (Å²) in [6, 6.07) is 85.1. The third kappa shape index (κ3) is 40.4. The van der Waals surface area contributed by atoms with Gasteiger partial charge in [0, 0.05) is 0 Å². The number of rotatable bonds is 45. The van der Waals surface area contributed by atoms with Crippen LogP contribution in [0.5, 0.6) is 69.0 Å². The molecular formula is C117H126F6N6O12. The molecule has 0 radical (unpaired) electrons. The highest BCUT2D eigenvalue weighted by molar-refractivity contribution is 5.70. The first-order valence-electron chi connectivity index (χ1n) is 47.9. The van der Waals surface area contributed by atoms with Gasteiger partial charge in [0.25, 0.3) is 0 Å². The van der Waals surface area contributed by atoms with Gasteiger partial charge in [0.2, 0.25) is 0 Å². The zero-order valence-electron chi connectivity index (χ0n) is 82.4. The normalized spacial score (nSPS) is 11.6. The van der Waals surface area contributed by atoms with Crippen LogP contribution in [0.1, 0.15) is 179 Å². The first kappa shape index (κ1) is 113. The molecule has 18 nitrogen and oxygen atoms in total. The van der Waals surface area contributed by atoms with E-state index in [4.69, 9.17) is 88.4 Å². The topological polar surface area (TPSA) is 253 Å². The second-order valence-electron chi connectivity index (χ2n) is 32.6. The van der Waals surface area contributed by atoms with Crippen molar-refractivity contribution in [2.75, 3.05) is 39.6 Å². The van der Waals surface area contributed by atoms with Gasteiger partial charge in [0.1, 0.15) is 70.9 Å². The van der Waals surface area contributed by atoms with Crippen molar-refractivity contribution in [2.45, 2.75) is 216 Å². The van der Waals surface area contributed by atoms with Crippen LogP contribution in [0.15, 0.2) is 255 Å². The minimum absolute atomic E-state index is 0.254. The minimum atomic E-state index is -0.503. The monoisotopic (exact) mass is 1920 g/mol. The molecule has 0 fully saturated rings. The van der Waals surface area contributed by atoms with Crippen LogP contribution in [0.3, 0.4) is 0 Å². The molecule has 0 bridgehead atoms. The number of benzene rings is 12. The van der Waals surface area contributed by atoms with Crippen LogP contribution in [0.2, 0.25) is 0 Å². The predicted octanol–water partition coefficient (Wildman–Crippen LogP) is 30.9. The molecule has 0 aliphatic carbocycles. The molecule has 738 valence electrons. The zero-order valence-corrected chi connectivity index (χ0v) is 82.4. The van der Waals surface area contributed by atoms with Gasteiger partial charge in [-0.1, -0.05) is 208 Å². The van der Waals surface area contributed by atoms with E-state index < -0.39 is 36.6 Å². The number of ether oxygens (including phenoxy) is 12. The molecule has 0 spiro atoms. The van der Waals surface area contributed by atoms with Gasteiger partial charge in [0.05, 0.1) is 39.6 Å². The van der Waals surface area contributed by atoms with E-state index in [1.54, 1.807) is 151 Å². The first-order chi connectivity index (χ1) is 68.3. The summed E-state index contributed by atoms with van der Waals surface area (Å²) < 4.78 is 149. The van der Waals surface area contributed by atoms with E-state index in [2.05, 4.69) is 27.7 Å². The highest BCUT2D eigenvalue weighted by Gasteiger charge is 2.17. The van der Waals surface area contributed by atoms with Crippen molar-refractivity contribution in [2.24, 2.45) is 0 Å². The standard InChI is InChI=1S/C22H26FNO2.C21H24FNO2.C20H22FNO2.C19H20FNO2.C18H18FNO2.C17H16FNO2/c1-3-4-5-6-7-14-25-22-13-10-19(15-21(22)23)18-8-11-20(12-9-18)26-17(2)16-24;1-3-4-5-6-13-24-21-12-9-18(14-20(21)22)17-7-10-19(11-8-17)25-16(2)15-23;1-3-4-5-12-23-20-11-8-17(13-19(20)21)16-6-9-18(10-7-16)24-15(2)14-22;1-3-4-11-22-19-10-7-16(12-18(19)20)15-5-8-17(9-6-15)23-14(2)13-21;1-3-10-21-18-9-6-15(11-17(18)19)14-4-7-16(8-5-14)22-13(2)12-20;1-3-20-17-9-6-14(10-16(17)18)13-4-7-15(8-5-13)21-12(2)11-19/h8-13,15,17H,3-7,14H2,1-2H3;7-12,14,16H,3-6,13H2,1-2H3;6-11,13,15H,3-5,12H2,1-2H3;5-10,12,14H,3-4,11H2,1-2H3;4-9,11,13H,3,10H2,1-2H3;4-10,12H,3H2,1-2H3. The molecule has 0 heterocycles. The average molecular weight is 1920 g/mol. The number of nitriles is 6. The van der Waals surface area contributed by atoms with E-state index in [1.165, 1.54) is 68.5 Å². The summed E-state index contributed by atoms with van der Waals surface area (Å²) in [5, 5.41) is 52.4. The quantitative estimate of drug-likeness (QED) is 0.0254. The maximum Gasteiger partial charge on any atom is 0.181 e. The second kappa shape index (κ2) is 63.3. The highest BCUT2D eigenvalue weighted by atomic mass is 19.1. The summed E-state index contributed by atoms with van der Waals surface area (Å²) in [4.78, 5) is 0. The summed E-state index contributed by atoms with van der Waals surface area (Å²) in [5.74, 6) is 3.19. The van der Waals surface area contributed by atoms with Crippen LogP contribution in [0, 0.1) is 103 Å². The molecule has 12 aromatic carbocycles. The van der Waals surface area contributed by atoms with Gasteiger partial charge < -0.3 is 56.8 Å². The van der Waals surface area contributed by atoms with Gasteiger partial charge in [-0.05, 0) is 293 Å². The molecule has 0 aliphatic rings. The van der Waals surface area contributed by atoms with Crippen LogP contribution in [0.25, 0.3) is 66.8 Å². The first-order valence-corrected chi connectivity index (χ1v) is 47.9. The Balaban J connectivity index is 0.000000230. The van der Waals surface area contributed by atoms with E-state index in [-0.39, 0.29) is 57.9 Å². The SMILES string of the molecule is CCCCCCCOc1ccc(-c2ccc(OC(C)C#N)cc2)cc1F.CCCCCCOc1ccc(-c2ccc(OC(C)C#N)cc2)cc1F.CCCCCOc1ccc(-c2ccc(OC(C)C#N)cc2)cc1F.CCCCOc1ccc(-c2ccc(OC(C)C#N)cc2)cc1F.CCCOc1ccc(-c2ccc(OC(C)C#N)cc2)cc1F.CCOc1ccc(-c2ccc(OC(C)C#N)cc2)cc1F. The van der Waals surface area contributed by atoms with E-state index in [0.29, 0.717) is 85.6 Å². The van der Waals surface area contributed by atoms with Crippen molar-refractivity contribution >= 4 is 0 Å². The van der Waals surface area contributed by atoms with Crippen LogP contribution in [-0.4, -0.2) is 76.3 Å². The zero-order chi connectivity index (χ0) is 102. The van der Waals surface area contributed by atoms with Gasteiger partial charge in [-0.15, -0.1) is 0 Å². The van der Waals surface area contributed by atoms with Crippen LogP contribution >= 0.6 is 0 Å². The Bertz CT molecular complexity index is 6000. The summed E-state index contributed by atoms with van der Waals surface area (Å²) in [6.45, 7) is 25.5. The fourth-order valence-corrected chi connectivity index (χ4v) is 13.4. The van der Waals surface area contributed by atoms with Crippen molar-refractivity contribution in [3.8, 4) is 172 Å². The molecule has 24 heteroatoms. The summed E-state index contributed by atoms with van der Waals surface area (Å²) in [6.07, 6.45) is 13.0. The van der Waals surface area contributed by atoms with E-state index in [1.807, 2.05) is 159 Å². The second-order valence-corrected chi connectivity index (χ2v) is 32.6. The fraction of sp³-hybridized carbons (Fsp3) is 0.333. The predicted molar refractivity (Wildman–Crippen MR) is 542 cm³/mol. The molecule has 0 saturated carbocycles. The largest absolute Gasteiger partial charge is 0.491 e. The Labute approximate surface area is 827 Å². The Kier molecular flexibility index (Phi) is 50.6. The van der Waals surface area contributed by atoms with Crippen molar-refractivity contribution in [3.05, 3.63) is 290 Å². The summed E-state index contributed by atoms with van der Waals surface area (Å²) >= 11 is 0. The molecule has 0 amide bonds. The van der Waals surface area contributed by atoms with Crippen molar-refractivity contribution in [1.82, 2.24) is 0 Å². The van der Waals surface area contributed by atoms with Crippen LogP contribution in [-0.2, 0) is 0 Å². The Morgan fingerprint density at radius 2 is 0.355 bits per heavy atom. The smallest absolute Gasteiger partial charge is 0.181 e. The molecule has 141 heavy (non-hydrogen) atoms. The number of nitrogens with zero attached hydrogens (tertiary/aromatic N) is 6. The molecule has 0 saturated heterocycles. The summed E-state index contributed by atoms with van der Waals surface area (Å²) in [7, 11) is 0. The van der Waals surface area contributed by atoms with Crippen molar-refractivity contribution in [3.63, 3.8) is 0 Å². The number of hydrogen-bond acceptors (Lipinski definition) is 18. The molecule has 6 atom stereocenters. The van der Waals surface area contributed by atoms with E-state index in [9.17, 15) is 26.3 Å². The lowest BCUT2D eigenvalue weighted by atomic mass is 10.1. The average Bonchev–Trinajstić information content (AvgIpc) is 0.853. The maximum absolute atomic E-state index is 14.3. The number of unbranched alkanes of at least 4 members (excludes halogenated alkanes) is 10. The summed E-state index contributed by atoms with van der Waals surface area (Å²) in [5.41, 5.74) is 9.87. The molecule has 12 rings (SSSR count). The molecular weight excluding hydrogens is 1800 g/mol. The lowest BCUT2D eigenvalue weighted by molar-refractivity contribution is 0.276. The lowest BCUT2D eigenvalue weighted by Gasteiger charge is -2.10.